The van der Waals surface area contributed by atoms with E-state index in [1.165, 1.54) is 11.5 Å². The van der Waals surface area contributed by atoms with Gasteiger partial charge < -0.3 is 25.6 Å². The quantitative estimate of drug-likeness (QED) is 0.338. The van der Waals surface area contributed by atoms with Crippen LogP contribution in [0.5, 0.6) is 11.5 Å². The van der Waals surface area contributed by atoms with Crippen LogP contribution in [0, 0.1) is 0 Å². The Kier molecular flexibility index (Phi) is 8.97. The minimum Gasteiger partial charge on any atom is -0.492 e. The van der Waals surface area contributed by atoms with Gasteiger partial charge in [0.1, 0.15) is 36.5 Å². The summed E-state index contributed by atoms with van der Waals surface area (Å²) in [4.78, 5) is 12.2. The number of para-hydroxylation sites is 1. The number of aryl methyl sites for hydroxylation is 1. The Bertz CT molecular complexity index is 994. The summed E-state index contributed by atoms with van der Waals surface area (Å²) < 4.78 is 15.6. The lowest BCUT2D eigenvalue weighted by molar-refractivity contribution is 0.1000. The predicted octanol–water partition coefficient (Wildman–Crippen LogP) is 2.66. The molecule has 170 valence electrons. The molecule has 2 aromatic carbocycles. The molecule has 1 unspecified atom stereocenters. The fourth-order valence-corrected chi connectivity index (χ4v) is 3.82. The molecule has 0 aliphatic carbocycles. The Morgan fingerprint density at radius 1 is 1.19 bits per heavy atom. The summed E-state index contributed by atoms with van der Waals surface area (Å²) in [6.45, 7) is 3.62. The molecule has 1 aromatic heterocycles. The van der Waals surface area contributed by atoms with E-state index in [2.05, 4.69) is 21.8 Å². The zero-order chi connectivity index (χ0) is 22.8. The molecule has 0 saturated carbocycles. The van der Waals surface area contributed by atoms with Gasteiger partial charge in [-0.05, 0) is 54.4 Å². The van der Waals surface area contributed by atoms with Crippen LogP contribution in [0.2, 0.25) is 0 Å². The summed E-state index contributed by atoms with van der Waals surface area (Å²) in [6.07, 6.45) is 1.26. The highest BCUT2D eigenvalue weighted by Crippen LogP contribution is 2.32. The maximum atomic E-state index is 11.1. The van der Waals surface area contributed by atoms with E-state index in [0.717, 1.165) is 29.0 Å². The molecule has 32 heavy (non-hydrogen) atoms. The lowest BCUT2D eigenvalue weighted by Crippen LogP contribution is -2.33. The van der Waals surface area contributed by atoms with Crippen LogP contribution in [0.15, 0.2) is 48.5 Å². The van der Waals surface area contributed by atoms with Crippen molar-refractivity contribution in [3.63, 3.8) is 0 Å². The molecule has 0 saturated heterocycles. The second kappa shape index (κ2) is 12.1. The van der Waals surface area contributed by atoms with Gasteiger partial charge in [-0.1, -0.05) is 30.0 Å². The van der Waals surface area contributed by atoms with Gasteiger partial charge in [-0.25, -0.2) is 0 Å². The number of rotatable bonds is 13. The first-order chi connectivity index (χ1) is 15.6. The molecule has 0 bridgehead atoms. The summed E-state index contributed by atoms with van der Waals surface area (Å²) in [6, 6.07) is 14.3. The number of carbonyl (C=O) groups excluding carboxylic acids is 1. The third-order valence-corrected chi connectivity index (χ3v) is 5.45. The van der Waals surface area contributed by atoms with Gasteiger partial charge in [0.2, 0.25) is 5.91 Å². The lowest BCUT2D eigenvalue weighted by atomic mass is 10.1. The van der Waals surface area contributed by atoms with Crippen LogP contribution < -0.4 is 20.5 Å². The molecule has 0 fully saturated rings. The predicted molar refractivity (Wildman–Crippen MR) is 124 cm³/mol. The Balaban J connectivity index is 1.41. The number of aliphatic hydroxyl groups excluding tert-OH is 1. The number of aliphatic hydroxyl groups is 1. The number of primary amides is 1. The van der Waals surface area contributed by atoms with E-state index in [9.17, 15) is 9.90 Å². The molecule has 1 heterocycles. The largest absolute Gasteiger partial charge is 0.492 e. The molecule has 1 amide bonds. The number of aromatic nitrogens is 2. The summed E-state index contributed by atoms with van der Waals surface area (Å²) in [7, 11) is 0. The van der Waals surface area contributed by atoms with Crippen molar-refractivity contribution >= 4 is 17.4 Å². The first kappa shape index (κ1) is 23.6. The van der Waals surface area contributed by atoms with Crippen molar-refractivity contribution in [2.45, 2.75) is 25.9 Å². The molecular weight excluding hydrogens is 428 g/mol. The lowest BCUT2D eigenvalue weighted by Gasteiger charge is -2.15. The van der Waals surface area contributed by atoms with E-state index in [0.29, 0.717) is 36.8 Å². The number of carbonyl (C=O) groups is 1. The molecule has 3 rings (SSSR count). The second-order valence-corrected chi connectivity index (χ2v) is 8.04. The van der Waals surface area contributed by atoms with Crippen molar-refractivity contribution in [2.24, 2.45) is 5.73 Å². The molecule has 1 atom stereocenters. The van der Waals surface area contributed by atoms with Crippen LogP contribution in [0.25, 0.3) is 11.3 Å². The number of ether oxygens (including phenoxy) is 2. The number of nitrogens with zero attached hydrogens (tertiary/aromatic N) is 2. The van der Waals surface area contributed by atoms with Gasteiger partial charge >= 0.3 is 0 Å². The number of hydrogen-bond donors (Lipinski definition) is 3. The number of nitrogens with one attached hydrogen (secondary N) is 1. The smallest absolute Gasteiger partial charge is 0.248 e. The summed E-state index contributed by atoms with van der Waals surface area (Å²) in [5.41, 5.74) is 7.39. The van der Waals surface area contributed by atoms with Gasteiger partial charge in [0, 0.05) is 24.2 Å². The Morgan fingerprint density at radius 2 is 1.97 bits per heavy atom. The maximum absolute atomic E-state index is 11.1. The zero-order valence-electron chi connectivity index (χ0n) is 18.0. The SMILES string of the molecule is CCCc1snnc1-c1ccccc1OCC(O)CNCCOc1ccc(C(N)=O)cc1. The first-order valence-corrected chi connectivity index (χ1v) is 11.3. The number of hydrogen-bond acceptors (Lipinski definition) is 8. The number of amides is 1. The highest BCUT2D eigenvalue weighted by molar-refractivity contribution is 7.06. The fourth-order valence-electron chi connectivity index (χ4n) is 3.06. The zero-order valence-corrected chi connectivity index (χ0v) is 18.8. The van der Waals surface area contributed by atoms with Gasteiger partial charge in [0.25, 0.3) is 0 Å². The number of nitrogens with two attached hydrogens (primary N) is 1. The van der Waals surface area contributed by atoms with Crippen molar-refractivity contribution in [3.05, 3.63) is 59.0 Å². The third kappa shape index (κ3) is 6.74. The molecule has 8 nitrogen and oxygen atoms in total. The molecule has 9 heteroatoms. The van der Waals surface area contributed by atoms with Crippen molar-refractivity contribution < 1.29 is 19.4 Å². The van der Waals surface area contributed by atoms with E-state index in [-0.39, 0.29) is 6.61 Å². The summed E-state index contributed by atoms with van der Waals surface area (Å²) >= 11 is 1.41. The van der Waals surface area contributed by atoms with Crippen LogP contribution in [0.1, 0.15) is 28.6 Å². The second-order valence-electron chi connectivity index (χ2n) is 7.20. The fraction of sp³-hybridized carbons (Fsp3) is 0.348. The van der Waals surface area contributed by atoms with Gasteiger partial charge in [-0.3, -0.25) is 4.79 Å². The van der Waals surface area contributed by atoms with Crippen molar-refractivity contribution in [1.29, 1.82) is 0 Å². The average molecular weight is 457 g/mol. The standard InChI is InChI=1S/C23H28N4O4S/c1-2-5-21-22(26-27-32-21)19-6-3-4-7-20(19)31-15-17(28)14-25-12-13-30-18-10-8-16(9-11-18)23(24)29/h3-4,6-11,17,25,28H,2,5,12-15H2,1H3,(H2,24,29). The molecule has 0 spiro atoms. The molecule has 0 radical (unpaired) electrons. The maximum Gasteiger partial charge on any atom is 0.248 e. The minimum absolute atomic E-state index is 0.153. The Hall–Kier alpha value is -3.01. The molecule has 0 aliphatic rings. The van der Waals surface area contributed by atoms with E-state index >= 15 is 0 Å². The van der Waals surface area contributed by atoms with Crippen LogP contribution in [0.3, 0.4) is 0 Å². The molecule has 4 N–H and O–H groups in total. The van der Waals surface area contributed by atoms with Gasteiger partial charge in [0.15, 0.2) is 0 Å². The van der Waals surface area contributed by atoms with E-state index in [1.807, 2.05) is 24.3 Å². The summed E-state index contributed by atoms with van der Waals surface area (Å²) in [5, 5.41) is 17.7. The van der Waals surface area contributed by atoms with Crippen LogP contribution >= 0.6 is 11.5 Å². The van der Waals surface area contributed by atoms with Crippen LogP contribution in [-0.4, -0.2) is 53.0 Å². The summed E-state index contributed by atoms with van der Waals surface area (Å²) in [5.74, 6) is 0.859. The highest BCUT2D eigenvalue weighted by atomic mass is 32.1. The normalized spacial score (nSPS) is 11.8. The van der Waals surface area contributed by atoms with Crippen LogP contribution in [-0.2, 0) is 6.42 Å². The van der Waals surface area contributed by atoms with E-state index in [1.54, 1.807) is 24.3 Å². The molecule has 0 aliphatic heterocycles. The van der Waals surface area contributed by atoms with Crippen molar-refractivity contribution in [2.75, 3.05) is 26.3 Å². The molecular formula is C23H28N4O4S. The van der Waals surface area contributed by atoms with Crippen molar-refractivity contribution in [3.8, 4) is 22.8 Å². The first-order valence-electron chi connectivity index (χ1n) is 10.5. The monoisotopic (exact) mass is 456 g/mol. The van der Waals surface area contributed by atoms with E-state index in [4.69, 9.17) is 15.2 Å². The Morgan fingerprint density at radius 3 is 2.72 bits per heavy atom. The number of benzene rings is 2. The van der Waals surface area contributed by atoms with Gasteiger partial charge in [0.05, 0.1) is 4.88 Å². The van der Waals surface area contributed by atoms with Gasteiger partial charge in [-0.15, -0.1) is 5.10 Å². The average Bonchev–Trinajstić information content (AvgIpc) is 3.26. The Labute approximate surface area is 191 Å². The van der Waals surface area contributed by atoms with Crippen molar-refractivity contribution in [1.82, 2.24) is 14.9 Å². The van der Waals surface area contributed by atoms with Gasteiger partial charge in [-0.2, -0.15) is 0 Å². The highest BCUT2D eigenvalue weighted by Gasteiger charge is 2.15. The topological polar surface area (TPSA) is 120 Å². The minimum atomic E-state index is -0.679. The van der Waals surface area contributed by atoms with Crippen LogP contribution in [0.4, 0.5) is 0 Å². The third-order valence-electron chi connectivity index (χ3n) is 4.67. The molecule has 3 aromatic rings. The van der Waals surface area contributed by atoms with E-state index < -0.39 is 12.0 Å².